The minimum absolute atomic E-state index is 0.504. The van der Waals surface area contributed by atoms with E-state index in [1.165, 1.54) is 18.5 Å². The van der Waals surface area contributed by atoms with E-state index >= 15 is 0 Å². The molecule has 1 aliphatic heterocycles. The number of ether oxygens (including phenoxy) is 1. The molecule has 1 saturated carbocycles. The molecule has 0 saturated heterocycles. The number of aromatic nitrogens is 2. The van der Waals surface area contributed by atoms with Gasteiger partial charge in [0.2, 0.25) is 0 Å². The second-order valence-electron chi connectivity index (χ2n) is 6.63. The average Bonchev–Trinajstić information content (AvgIpc) is 3.06. The summed E-state index contributed by atoms with van der Waals surface area (Å²) < 4.78 is 13.7. The zero-order valence-electron chi connectivity index (χ0n) is 12.9. The van der Waals surface area contributed by atoms with Crippen molar-refractivity contribution in [3.8, 4) is 0 Å². The fourth-order valence-corrected chi connectivity index (χ4v) is 3.17. The first kappa shape index (κ1) is 14.0. The van der Waals surface area contributed by atoms with Crippen molar-refractivity contribution >= 4 is 0 Å². The third-order valence-corrected chi connectivity index (χ3v) is 4.52. The van der Waals surface area contributed by atoms with Crippen molar-refractivity contribution in [3.05, 3.63) is 42.4 Å². The van der Waals surface area contributed by atoms with E-state index in [0.29, 0.717) is 5.92 Å². The molecule has 0 unspecified atom stereocenters. The summed E-state index contributed by atoms with van der Waals surface area (Å²) in [6.45, 7) is 5.56. The Morgan fingerprint density at radius 2 is 2.14 bits per heavy atom. The van der Waals surface area contributed by atoms with Crippen LogP contribution in [-0.2, 0) is 24.4 Å². The van der Waals surface area contributed by atoms with E-state index in [2.05, 4.69) is 14.5 Å². The number of hydrogen-bond donors (Lipinski definition) is 0. The molecular formula is C17H23N3O2. The lowest BCUT2D eigenvalue weighted by Gasteiger charge is -2.23. The van der Waals surface area contributed by atoms with Gasteiger partial charge < -0.3 is 13.7 Å². The highest BCUT2D eigenvalue weighted by Gasteiger charge is 2.25. The number of nitrogens with zero attached hydrogens (tertiary/aromatic N) is 3. The Morgan fingerprint density at radius 1 is 1.23 bits per heavy atom. The Kier molecular flexibility index (Phi) is 3.99. The quantitative estimate of drug-likeness (QED) is 0.822. The molecule has 4 rings (SSSR count). The first-order valence-electron chi connectivity index (χ1n) is 8.18. The van der Waals surface area contributed by atoms with E-state index in [-0.39, 0.29) is 0 Å². The van der Waals surface area contributed by atoms with Gasteiger partial charge in [0.25, 0.3) is 0 Å². The maximum absolute atomic E-state index is 5.94. The molecule has 0 radical (unpaired) electrons. The van der Waals surface area contributed by atoms with Crippen molar-refractivity contribution in [2.45, 2.75) is 32.5 Å². The van der Waals surface area contributed by atoms with Gasteiger partial charge in [0.1, 0.15) is 5.76 Å². The van der Waals surface area contributed by atoms with Crippen molar-refractivity contribution < 1.29 is 9.15 Å². The molecule has 0 amide bonds. The van der Waals surface area contributed by atoms with Crippen LogP contribution in [0.25, 0.3) is 0 Å². The smallest absolute Gasteiger partial charge is 0.117 e. The van der Waals surface area contributed by atoms with Crippen LogP contribution in [-0.4, -0.2) is 34.2 Å². The lowest BCUT2D eigenvalue weighted by Crippen LogP contribution is -2.30. The van der Waals surface area contributed by atoms with Crippen LogP contribution in [0.15, 0.2) is 35.3 Å². The van der Waals surface area contributed by atoms with Gasteiger partial charge in [-0.05, 0) is 30.9 Å². The first-order valence-corrected chi connectivity index (χ1v) is 8.18. The predicted octanol–water partition coefficient (Wildman–Crippen LogP) is 2.53. The Hall–Kier alpha value is -1.59. The van der Waals surface area contributed by atoms with Crippen molar-refractivity contribution in [2.24, 2.45) is 11.8 Å². The van der Waals surface area contributed by atoms with Crippen LogP contribution in [0, 0.1) is 11.8 Å². The molecule has 0 bridgehead atoms. The molecule has 118 valence electrons. The summed E-state index contributed by atoms with van der Waals surface area (Å²) in [4.78, 5) is 6.74. The predicted molar refractivity (Wildman–Crippen MR) is 82.1 cm³/mol. The van der Waals surface area contributed by atoms with Crippen LogP contribution in [0.2, 0.25) is 0 Å². The SMILES string of the molecule is c1coc(CN2Cc3cncn3C[C@H](COCC3CC3)C2)c1. The molecule has 0 aromatic carbocycles. The molecule has 0 spiro atoms. The van der Waals surface area contributed by atoms with Gasteiger partial charge in [0, 0.05) is 38.4 Å². The molecule has 1 aliphatic carbocycles. The van der Waals surface area contributed by atoms with Crippen LogP contribution in [0.3, 0.4) is 0 Å². The van der Waals surface area contributed by atoms with Gasteiger partial charge in [-0.1, -0.05) is 0 Å². The molecule has 5 heteroatoms. The number of fused-ring (bicyclic) bond motifs is 1. The molecule has 5 nitrogen and oxygen atoms in total. The maximum atomic E-state index is 5.94. The Labute approximate surface area is 130 Å². The van der Waals surface area contributed by atoms with E-state index in [4.69, 9.17) is 9.15 Å². The molecule has 0 N–H and O–H groups in total. The van der Waals surface area contributed by atoms with E-state index < -0.39 is 0 Å². The lowest BCUT2D eigenvalue weighted by atomic mass is 10.1. The number of hydrogen-bond acceptors (Lipinski definition) is 4. The Morgan fingerprint density at radius 3 is 2.95 bits per heavy atom. The van der Waals surface area contributed by atoms with Crippen molar-refractivity contribution in [1.82, 2.24) is 14.5 Å². The fourth-order valence-electron chi connectivity index (χ4n) is 3.17. The topological polar surface area (TPSA) is 43.4 Å². The second-order valence-corrected chi connectivity index (χ2v) is 6.63. The number of imidazole rings is 1. The summed E-state index contributed by atoms with van der Waals surface area (Å²) in [5.74, 6) is 2.35. The third-order valence-electron chi connectivity index (χ3n) is 4.52. The fraction of sp³-hybridized carbons (Fsp3) is 0.588. The zero-order chi connectivity index (χ0) is 14.8. The van der Waals surface area contributed by atoms with E-state index in [1.54, 1.807) is 6.26 Å². The van der Waals surface area contributed by atoms with Crippen LogP contribution < -0.4 is 0 Å². The highest BCUT2D eigenvalue weighted by molar-refractivity contribution is 5.03. The lowest BCUT2D eigenvalue weighted by molar-refractivity contribution is 0.0693. The van der Waals surface area contributed by atoms with Gasteiger partial charge in [-0.15, -0.1) is 0 Å². The monoisotopic (exact) mass is 301 g/mol. The summed E-state index contributed by atoms with van der Waals surface area (Å²) in [6.07, 6.45) is 8.36. The summed E-state index contributed by atoms with van der Waals surface area (Å²) in [5.41, 5.74) is 1.27. The summed E-state index contributed by atoms with van der Waals surface area (Å²) in [7, 11) is 0. The number of furan rings is 1. The van der Waals surface area contributed by atoms with Gasteiger partial charge in [0.15, 0.2) is 0 Å². The minimum Gasteiger partial charge on any atom is -0.468 e. The highest BCUT2D eigenvalue weighted by Crippen LogP contribution is 2.29. The van der Waals surface area contributed by atoms with Crippen molar-refractivity contribution in [1.29, 1.82) is 0 Å². The molecule has 2 aromatic heterocycles. The molecule has 1 fully saturated rings. The van der Waals surface area contributed by atoms with Crippen LogP contribution in [0.5, 0.6) is 0 Å². The van der Waals surface area contributed by atoms with Gasteiger partial charge in [0.05, 0.1) is 31.4 Å². The maximum Gasteiger partial charge on any atom is 0.117 e. The normalized spacial score (nSPS) is 22.5. The summed E-state index contributed by atoms with van der Waals surface area (Å²) in [6, 6.07) is 3.99. The summed E-state index contributed by atoms with van der Waals surface area (Å²) in [5, 5.41) is 0. The van der Waals surface area contributed by atoms with Crippen molar-refractivity contribution in [3.63, 3.8) is 0 Å². The standard InChI is InChI=1S/C17H23N3O2/c1-2-17(22-5-1)10-19-7-15(12-21-11-14-3-4-14)8-20-13-18-6-16(20)9-19/h1-2,5-6,13-15H,3-4,7-12H2/t15-/m1/s1. The van der Waals surface area contributed by atoms with Crippen LogP contribution in [0.4, 0.5) is 0 Å². The van der Waals surface area contributed by atoms with Crippen LogP contribution >= 0.6 is 0 Å². The van der Waals surface area contributed by atoms with Gasteiger partial charge in [-0.25, -0.2) is 4.98 Å². The van der Waals surface area contributed by atoms with E-state index in [1.807, 2.05) is 24.7 Å². The summed E-state index contributed by atoms with van der Waals surface area (Å²) >= 11 is 0. The van der Waals surface area contributed by atoms with E-state index in [9.17, 15) is 0 Å². The Bertz CT molecular complexity index is 589. The molecule has 3 heterocycles. The van der Waals surface area contributed by atoms with Gasteiger partial charge >= 0.3 is 0 Å². The van der Waals surface area contributed by atoms with Crippen LogP contribution in [0.1, 0.15) is 24.3 Å². The van der Waals surface area contributed by atoms with Gasteiger partial charge in [-0.3, -0.25) is 4.90 Å². The minimum atomic E-state index is 0.504. The Balaban J connectivity index is 1.42. The molecule has 1 atom stereocenters. The molecular weight excluding hydrogens is 278 g/mol. The third kappa shape index (κ3) is 3.42. The molecule has 22 heavy (non-hydrogen) atoms. The first-order chi connectivity index (χ1) is 10.9. The average molecular weight is 301 g/mol. The van der Waals surface area contributed by atoms with E-state index in [0.717, 1.165) is 51.1 Å². The largest absolute Gasteiger partial charge is 0.468 e. The van der Waals surface area contributed by atoms with Gasteiger partial charge in [-0.2, -0.15) is 0 Å². The molecule has 2 aromatic rings. The molecule has 2 aliphatic rings. The zero-order valence-corrected chi connectivity index (χ0v) is 12.9. The van der Waals surface area contributed by atoms with Crippen molar-refractivity contribution in [2.75, 3.05) is 19.8 Å². The highest BCUT2D eigenvalue weighted by atomic mass is 16.5. The second kappa shape index (κ2) is 6.26. The number of rotatable bonds is 6.